The van der Waals surface area contributed by atoms with Gasteiger partial charge in [-0.3, -0.25) is 4.99 Å². The highest BCUT2D eigenvalue weighted by Gasteiger charge is 2.23. The third-order valence-electron chi connectivity index (χ3n) is 2.52. The Morgan fingerprint density at radius 1 is 1.56 bits per heavy atom. The maximum atomic E-state index is 4.59. The molecule has 1 aromatic heterocycles. The normalized spacial score (nSPS) is 22.0. The van der Waals surface area contributed by atoms with E-state index >= 15 is 0 Å². The number of hydrogen-bond acceptors (Lipinski definition) is 4. The minimum Gasteiger partial charge on any atom is -0.360 e. The van der Waals surface area contributed by atoms with Crippen molar-refractivity contribution in [3.8, 4) is 0 Å². The van der Waals surface area contributed by atoms with Gasteiger partial charge in [-0.2, -0.15) is 0 Å². The van der Waals surface area contributed by atoms with Gasteiger partial charge in [0.1, 0.15) is 0 Å². The van der Waals surface area contributed by atoms with E-state index in [2.05, 4.69) is 34.5 Å². The standard InChI is InChI=1S/C11H17N3S2/c1-11(2)4-6-16-10(14-11)12-5-3-9-7-15-8-13-9/h7-8H,3-6H2,1-2H3,(H,12,14). The molecule has 88 valence electrons. The van der Waals surface area contributed by atoms with Crippen molar-refractivity contribution >= 4 is 28.3 Å². The summed E-state index contributed by atoms with van der Waals surface area (Å²) >= 11 is 3.47. The van der Waals surface area contributed by atoms with Crippen molar-refractivity contribution in [1.29, 1.82) is 0 Å². The van der Waals surface area contributed by atoms with E-state index in [1.807, 2.05) is 17.3 Å². The van der Waals surface area contributed by atoms with E-state index in [9.17, 15) is 0 Å². The molecule has 0 aliphatic carbocycles. The third kappa shape index (κ3) is 3.49. The Morgan fingerprint density at radius 3 is 3.12 bits per heavy atom. The number of hydrogen-bond donors (Lipinski definition) is 1. The van der Waals surface area contributed by atoms with E-state index in [0.29, 0.717) is 0 Å². The zero-order valence-corrected chi connectivity index (χ0v) is 11.3. The molecule has 0 amide bonds. The number of aliphatic imine (C=N–C) groups is 1. The third-order valence-corrected chi connectivity index (χ3v) is 4.07. The van der Waals surface area contributed by atoms with Gasteiger partial charge in [0.25, 0.3) is 0 Å². The molecule has 2 heterocycles. The SMILES string of the molecule is CC1(C)CCSC(=NCCc2cscn2)N1. The highest BCUT2D eigenvalue weighted by molar-refractivity contribution is 8.13. The van der Waals surface area contributed by atoms with Crippen molar-refractivity contribution in [1.82, 2.24) is 10.3 Å². The van der Waals surface area contributed by atoms with E-state index in [1.165, 1.54) is 6.42 Å². The van der Waals surface area contributed by atoms with Gasteiger partial charge in [-0.1, -0.05) is 11.8 Å². The van der Waals surface area contributed by atoms with Crippen LogP contribution in [0.5, 0.6) is 0 Å². The van der Waals surface area contributed by atoms with Crippen LogP contribution in [0.25, 0.3) is 0 Å². The first-order valence-electron chi connectivity index (χ1n) is 5.48. The van der Waals surface area contributed by atoms with Gasteiger partial charge in [-0.15, -0.1) is 11.3 Å². The first-order valence-corrected chi connectivity index (χ1v) is 7.41. The predicted molar refractivity (Wildman–Crippen MR) is 72.4 cm³/mol. The lowest BCUT2D eigenvalue weighted by Gasteiger charge is -2.32. The Labute approximate surface area is 105 Å². The van der Waals surface area contributed by atoms with Gasteiger partial charge < -0.3 is 5.32 Å². The Kier molecular flexibility index (Phi) is 3.86. The molecule has 0 saturated carbocycles. The molecule has 1 fully saturated rings. The average molecular weight is 255 g/mol. The summed E-state index contributed by atoms with van der Waals surface area (Å²) in [6.45, 7) is 5.28. The number of nitrogens with one attached hydrogen (secondary N) is 1. The smallest absolute Gasteiger partial charge is 0.156 e. The van der Waals surface area contributed by atoms with Crippen LogP contribution < -0.4 is 5.32 Å². The predicted octanol–water partition coefficient (Wildman–Crippen LogP) is 2.55. The minimum atomic E-state index is 0.199. The molecule has 16 heavy (non-hydrogen) atoms. The van der Waals surface area contributed by atoms with E-state index in [1.54, 1.807) is 11.3 Å². The lowest BCUT2D eigenvalue weighted by molar-refractivity contribution is 0.446. The number of thioether (sulfide) groups is 1. The van der Waals surface area contributed by atoms with Crippen molar-refractivity contribution in [3.63, 3.8) is 0 Å². The lowest BCUT2D eigenvalue weighted by atomic mass is 10.0. The quantitative estimate of drug-likeness (QED) is 0.902. The first kappa shape index (κ1) is 11.9. The fraction of sp³-hybridized carbons (Fsp3) is 0.636. The highest BCUT2D eigenvalue weighted by atomic mass is 32.2. The van der Waals surface area contributed by atoms with Crippen LogP contribution in [0, 0.1) is 0 Å². The van der Waals surface area contributed by atoms with Gasteiger partial charge in [0.2, 0.25) is 0 Å². The number of nitrogens with zero attached hydrogens (tertiary/aromatic N) is 2. The number of amidine groups is 1. The molecular formula is C11H17N3S2. The van der Waals surface area contributed by atoms with Crippen LogP contribution in [-0.2, 0) is 6.42 Å². The Balaban J connectivity index is 1.83. The molecule has 0 radical (unpaired) electrons. The summed E-state index contributed by atoms with van der Waals surface area (Å²) in [4.78, 5) is 8.84. The molecule has 1 aliphatic rings. The van der Waals surface area contributed by atoms with Crippen LogP contribution in [0.4, 0.5) is 0 Å². The summed E-state index contributed by atoms with van der Waals surface area (Å²) in [6, 6.07) is 0. The molecule has 1 aliphatic heterocycles. The molecule has 1 N–H and O–H groups in total. The second kappa shape index (κ2) is 5.19. The van der Waals surface area contributed by atoms with Crippen LogP contribution in [0.1, 0.15) is 26.0 Å². The average Bonchev–Trinajstić information content (AvgIpc) is 2.69. The van der Waals surface area contributed by atoms with Gasteiger partial charge in [-0.25, -0.2) is 4.98 Å². The molecule has 0 aromatic carbocycles. The van der Waals surface area contributed by atoms with Crippen molar-refractivity contribution < 1.29 is 0 Å². The number of rotatable bonds is 3. The largest absolute Gasteiger partial charge is 0.360 e. The van der Waals surface area contributed by atoms with Crippen molar-refractivity contribution in [2.24, 2.45) is 4.99 Å². The zero-order chi connectivity index (χ0) is 11.4. The second-order valence-corrected chi connectivity index (χ2v) is 6.33. The highest BCUT2D eigenvalue weighted by Crippen LogP contribution is 2.21. The van der Waals surface area contributed by atoms with Gasteiger partial charge in [0.15, 0.2) is 5.17 Å². The molecular weight excluding hydrogens is 238 g/mol. The van der Waals surface area contributed by atoms with Gasteiger partial charge in [0.05, 0.1) is 11.2 Å². The van der Waals surface area contributed by atoms with Gasteiger partial charge in [0, 0.05) is 29.6 Å². The van der Waals surface area contributed by atoms with Crippen molar-refractivity contribution in [3.05, 3.63) is 16.6 Å². The molecule has 1 aromatic rings. The van der Waals surface area contributed by atoms with Crippen LogP contribution in [0.2, 0.25) is 0 Å². The molecule has 0 spiro atoms. The molecule has 0 atom stereocenters. The van der Waals surface area contributed by atoms with Crippen LogP contribution in [0.15, 0.2) is 15.9 Å². The van der Waals surface area contributed by atoms with Crippen molar-refractivity contribution in [2.45, 2.75) is 32.2 Å². The summed E-state index contributed by atoms with van der Waals surface area (Å²) in [7, 11) is 0. The maximum Gasteiger partial charge on any atom is 0.156 e. The Morgan fingerprint density at radius 2 is 2.44 bits per heavy atom. The topological polar surface area (TPSA) is 37.3 Å². The summed E-state index contributed by atoms with van der Waals surface area (Å²) in [5, 5.41) is 6.65. The fourth-order valence-electron chi connectivity index (χ4n) is 1.51. The zero-order valence-electron chi connectivity index (χ0n) is 9.69. The molecule has 3 nitrogen and oxygen atoms in total. The summed E-state index contributed by atoms with van der Waals surface area (Å²) in [6.07, 6.45) is 2.14. The first-order chi connectivity index (χ1) is 7.66. The van der Waals surface area contributed by atoms with Crippen LogP contribution in [-0.4, -0.2) is 28.0 Å². The maximum absolute atomic E-state index is 4.59. The van der Waals surface area contributed by atoms with Crippen LogP contribution in [0.3, 0.4) is 0 Å². The lowest BCUT2D eigenvalue weighted by Crippen LogP contribution is -2.46. The summed E-state index contributed by atoms with van der Waals surface area (Å²) in [5.74, 6) is 1.16. The Hall–Kier alpha value is -0.550. The molecule has 5 heteroatoms. The molecule has 2 rings (SSSR count). The van der Waals surface area contributed by atoms with Gasteiger partial charge in [-0.05, 0) is 20.3 Å². The summed E-state index contributed by atoms with van der Waals surface area (Å²) < 4.78 is 0. The van der Waals surface area contributed by atoms with E-state index < -0.39 is 0 Å². The monoisotopic (exact) mass is 255 g/mol. The van der Waals surface area contributed by atoms with E-state index in [0.717, 1.165) is 29.6 Å². The fourth-order valence-corrected chi connectivity index (χ4v) is 3.44. The number of aromatic nitrogens is 1. The van der Waals surface area contributed by atoms with E-state index in [-0.39, 0.29) is 5.54 Å². The molecule has 0 bridgehead atoms. The number of thiazole rings is 1. The van der Waals surface area contributed by atoms with Crippen molar-refractivity contribution in [2.75, 3.05) is 12.3 Å². The molecule has 1 saturated heterocycles. The second-order valence-electron chi connectivity index (χ2n) is 4.52. The molecule has 0 unspecified atom stereocenters. The summed E-state index contributed by atoms with van der Waals surface area (Å²) in [5.41, 5.74) is 3.22. The van der Waals surface area contributed by atoms with E-state index in [4.69, 9.17) is 0 Å². The minimum absolute atomic E-state index is 0.199. The van der Waals surface area contributed by atoms with Gasteiger partial charge >= 0.3 is 0 Å². The van der Waals surface area contributed by atoms with Crippen LogP contribution >= 0.6 is 23.1 Å². The Bertz CT molecular complexity index is 357.